The third-order valence-electron chi connectivity index (χ3n) is 4.87. The molecule has 0 bridgehead atoms. The van der Waals surface area contributed by atoms with E-state index in [2.05, 4.69) is 21.3 Å². The van der Waals surface area contributed by atoms with Crippen LogP contribution in [0.5, 0.6) is 0 Å². The van der Waals surface area contributed by atoms with Crippen LogP contribution < -0.4 is 11.1 Å². The molecular formula is C24H15N7O2S. The van der Waals surface area contributed by atoms with Crippen LogP contribution in [-0.2, 0) is 10.0 Å². The molecule has 3 N–H and O–H groups in total. The molecule has 0 aliphatic carbocycles. The highest BCUT2D eigenvalue weighted by atomic mass is 32.2. The van der Waals surface area contributed by atoms with Crippen molar-refractivity contribution >= 4 is 44.5 Å². The highest BCUT2D eigenvalue weighted by Crippen LogP contribution is 2.28. The molecule has 0 aliphatic rings. The van der Waals surface area contributed by atoms with E-state index in [-0.39, 0.29) is 16.8 Å². The first-order valence-corrected chi connectivity index (χ1v) is 11.2. The van der Waals surface area contributed by atoms with Crippen LogP contribution in [0.1, 0.15) is 16.7 Å². The molecule has 1 heterocycles. The van der Waals surface area contributed by atoms with Crippen molar-refractivity contribution in [2.24, 2.45) is 0 Å². The number of hydrogen-bond donors (Lipinski definition) is 2. The number of rotatable bonds is 5. The van der Waals surface area contributed by atoms with Crippen LogP contribution in [0.2, 0.25) is 0 Å². The fourth-order valence-electron chi connectivity index (χ4n) is 3.34. The van der Waals surface area contributed by atoms with Gasteiger partial charge in [0.2, 0.25) is 11.9 Å². The first kappa shape index (κ1) is 22.1. The summed E-state index contributed by atoms with van der Waals surface area (Å²) in [6.45, 7) is 0. The summed E-state index contributed by atoms with van der Waals surface area (Å²) in [5.41, 5.74) is 7.81. The largest absolute Gasteiger partial charge is 0.367 e. The van der Waals surface area contributed by atoms with E-state index in [4.69, 9.17) is 22.7 Å². The van der Waals surface area contributed by atoms with Crippen LogP contribution in [0.25, 0.3) is 16.8 Å². The Labute approximate surface area is 195 Å². The second-order valence-electron chi connectivity index (χ2n) is 6.98. The maximum atomic E-state index is 13.4. The Bertz CT molecular complexity index is 1700. The quantitative estimate of drug-likeness (QED) is 0.336. The predicted molar refractivity (Wildman–Crippen MR) is 128 cm³/mol. The van der Waals surface area contributed by atoms with Gasteiger partial charge in [0.1, 0.15) is 6.07 Å². The molecule has 3 aromatic carbocycles. The van der Waals surface area contributed by atoms with Crippen molar-refractivity contribution in [3.63, 3.8) is 0 Å². The minimum atomic E-state index is -4.19. The average molecular weight is 465 g/mol. The SMILES string of the molecule is C#Cc1cc(Nc2nc(N)n(S(=O)(=O)c3cccc4cc(C=CC#N)ccc34)n2)ccc1C#N. The topological polar surface area (TPSA) is 150 Å². The van der Waals surface area contributed by atoms with Gasteiger partial charge in [0, 0.05) is 22.7 Å². The standard InChI is InChI=1S/C24H15N7O2S/c1-2-17-14-20(10-9-19(17)15-26)28-24-29-23(27)31(30-24)34(32,33)22-7-3-6-18-13-16(5-4-12-25)8-11-21(18)22/h1,3-11,13-14H,(H3,27,28,29,30). The second-order valence-corrected chi connectivity index (χ2v) is 8.72. The van der Waals surface area contributed by atoms with E-state index in [1.807, 2.05) is 12.1 Å². The van der Waals surface area contributed by atoms with Crippen LogP contribution in [0, 0.1) is 35.0 Å². The fourth-order valence-corrected chi connectivity index (χ4v) is 4.71. The van der Waals surface area contributed by atoms with Gasteiger partial charge in [0.05, 0.1) is 16.5 Å². The number of nitrogens with one attached hydrogen (secondary N) is 1. The monoisotopic (exact) mass is 465 g/mol. The second kappa shape index (κ2) is 8.79. The van der Waals surface area contributed by atoms with Crippen LogP contribution in [0.4, 0.5) is 17.6 Å². The smallest absolute Gasteiger partial charge is 0.286 e. The number of terminal acetylenes is 1. The van der Waals surface area contributed by atoms with Gasteiger partial charge in [-0.15, -0.1) is 15.6 Å². The third kappa shape index (κ3) is 4.03. The van der Waals surface area contributed by atoms with Crippen LogP contribution in [0.3, 0.4) is 0 Å². The number of anilines is 3. The molecule has 0 saturated heterocycles. The number of aromatic nitrogens is 3. The zero-order valence-corrected chi connectivity index (χ0v) is 18.3. The van der Waals surface area contributed by atoms with E-state index in [9.17, 15) is 8.42 Å². The molecule has 0 aliphatic heterocycles. The fraction of sp³-hybridized carbons (Fsp3) is 0. The van der Waals surface area contributed by atoms with Crippen LogP contribution >= 0.6 is 0 Å². The van der Waals surface area contributed by atoms with Crippen molar-refractivity contribution in [2.45, 2.75) is 4.90 Å². The lowest BCUT2D eigenvalue weighted by molar-refractivity contribution is 0.582. The Balaban J connectivity index is 1.73. The van der Waals surface area contributed by atoms with Crippen molar-refractivity contribution in [1.29, 1.82) is 10.5 Å². The van der Waals surface area contributed by atoms with Crippen molar-refractivity contribution in [2.75, 3.05) is 11.1 Å². The van der Waals surface area contributed by atoms with Gasteiger partial charge in [-0.25, -0.2) is 0 Å². The molecule has 0 radical (unpaired) electrons. The number of nitriles is 2. The minimum Gasteiger partial charge on any atom is -0.367 e. The first-order valence-electron chi connectivity index (χ1n) is 9.72. The van der Waals surface area contributed by atoms with E-state index in [1.165, 1.54) is 18.2 Å². The van der Waals surface area contributed by atoms with E-state index in [0.29, 0.717) is 31.7 Å². The summed E-state index contributed by atoms with van der Waals surface area (Å²) in [5.74, 6) is 2.03. The van der Waals surface area contributed by atoms with Crippen molar-refractivity contribution < 1.29 is 8.42 Å². The molecule has 34 heavy (non-hydrogen) atoms. The van der Waals surface area contributed by atoms with E-state index in [0.717, 1.165) is 5.56 Å². The highest BCUT2D eigenvalue weighted by Gasteiger charge is 2.25. The molecule has 0 amide bonds. The van der Waals surface area contributed by atoms with Crippen molar-refractivity contribution in [3.8, 4) is 24.5 Å². The number of fused-ring (bicyclic) bond motifs is 1. The summed E-state index contributed by atoms with van der Waals surface area (Å²) in [6, 6.07) is 18.6. The Kier molecular flexibility index (Phi) is 5.71. The molecule has 0 fully saturated rings. The summed E-state index contributed by atoms with van der Waals surface area (Å²) >= 11 is 0. The Morgan fingerprint density at radius 1 is 1.09 bits per heavy atom. The maximum absolute atomic E-state index is 13.4. The molecular weight excluding hydrogens is 450 g/mol. The van der Waals surface area contributed by atoms with Crippen LogP contribution in [0.15, 0.2) is 65.6 Å². The predicted octanol–water partition coefficient (Wildman–Crippen LogP) is 3.38. The van der Waals surface area contributed by atoms with Gasteiger partial charge >= 0.3 is 0 Å². The minimum absolute atomic E-state index is 0.00282. The third-order valence-corrected chi connectivity index (χ3v) is 6.51. The normalized spacial score (nSPS) is 11.1. The molecule has 10 heteroatoms. The Morgan fingerprint density at radius 3 is 2.65 bits per heavy atom. The summed E-state index contributed by atoms with van der Waals surface area (Å²) in [5, 5.41) is 25.8. The Hall–Kier alpha value is -5.11. The highest BCUT2D eigenvalue weighted by molar-refractivity contribution is 7.90. The summed E-state index contributed by atoms with van der Waals surface area (Å²) in [4.78, 5) is 4.00. The molecule has 4 aromatic rings. The first-order chi connectivity index (χ1) is 16.4. The van der Waals surface area contributed by atoms with Gasteiger partial charge in [-0.05, 0) is 47.4 Å². The average Bonchev–Trinajstić information content (AvgIpc) is 3.22. The zero-order chi connectivity index (χ0) is 24.3. The molecule has 0 unspecified atom stereocenters. The molecule has 0 atom stereocenters. The lowest BCUT2D eigenvalue weighted by Gasteiger charge is -2.09. The number of allylic oxidation sites excluding steroid dienone is 1. The molecule has 164 valence electrons. The zero-order valence-electron chi connectivity index (χ0n) is 17.5. The summed E-state index contributed by atoms with van der Waals surface area (Å²) < 4.78 is 27.5. The van der Waals surface area contributed by atoms with Crippen molar-refractivity contribution in [3.05, 3.63) is 77.4 Å². The molecule has 0 spiro atoms. The van der Waals surface area contributed by atoms with Crippen LogP contribution in [-0.4, -0.2) is 22.6 Å². The van der Waals surface area contributed by atoms with Gasteiger partial charge in [0.15, 0.2) is 0 Å². The Morgan fingerprint density at radius 2 is 1.91 bits per heavy atom. The van der Waals surface area contributed by atoms with E-state index < -0.39 is 10.0 Å². The maximum Gasteiger partial charge on any atom is 0.286 e. The van der Waals surface area contributed by atoms with Gasteiger partial charge in [-0.1, -0.05) is 30.2 Å². The van der Waals surface area contributed by atoms with Crippen molar-refractivity contribution in [1.82, 2.24) is 14.2 Å². The lowest BCUT2D eigenvalue weighted by atomic mass is 10.1. The summed E-state index contributed by atoms with van der Waals surface area (Å²) in [6.07, 6.45) is 8.40. The van der Waals surface area contributed by atoms with Gasteiger partial charge in [-0.3, -0.25) is 0 Å². The van der Waals surface area contributed by atoms with Gasteiger partial charge in [-0.2, -0.15) is 23.9 Å². The summed E-state index contributed by atoms with van der Waals surface area (Å²) in [7, 11) is -4.19. The lowest BCUT2D eigenvalue weighted by Crippen LogP contribution is -2.17. The molecule has 4 rings (SSSR count). The van der Waals surface area contributed by atoms with E-state index in [1.54, 1.807) is 48.5 Å². The van der Waals surface area contributed by atoms with E-state index >= 15 is 0 Å². The molecule has 1 aromatic heterocycles. The number of hydrogen-bond acceptors (Lipinski definition) is 8. The molecule has 0 saturated carbocycles. The van der Waals surface area contributed by atoms with Gasteiger partial charge in [0.25, 0.3) is 10.0 Å². The number of benzene rings is 3. The van der Waals surface area contributed by atoms with Gasteiger partial charge < -0.3 is 11.1 Å². The number of nitrogen functional groups attached to an aromatic ring is 1. The number of nitrogens with zero attached hydrogens (tertiary/aromatic N) is 5. The molecule has 9 nitrogen and oxygen atoms in total. The number of nitrogens with two attached hydrogens (primary N) is 1.